The largest absolute Gasteiger partial charge is 1.00 e. The van der Waals surface area contributed by atoms with E-state index in [4.69, 9.17) is 26.9 Å². The van der Waals surface area contributed by atoms with Crippen LogP contribution >= 0.6 is 11.6 Å². The number of hydrogen-bond donors (Lipinski definition) is 4. The summed E-state index contributed by atoms with van der Waals surface area (Å²) in [6.07, 6.45) is -1.29. The van der Waals surface area contributed by atoms with Crippen molar-refractivity contribution in [2.45, 2.75) is 17.4 Å². The molecule has 0 saturated carbocycles. The first-order valence-electron chi connectivity index (χ1n) is 3.26. The zero-order valence-electron chi connectivity index (χ0n) is 10.7. The van der Waals surface area contributed by atoms with Gasteiger partial charge in [-0.3, -0.25) is 9.59 Å². The van der Waals surface area contributed by atoms with Crippen LogP contribution in [0.1, 0.15) is 9.27 Å². The van der Waals surface area contributed by atoms with Crippen molar-refractivity contribution in [3.63, 3.8) is 0 Å². The van der Waals surface area contributed by atoms with Crippen molar-refractivity contribution < 1.29 is 96.8 Å². The van der Waals surface area contributed by atoms with Crippen LogP contribution in [-0.2, 0) is 14.4 Å². The van der Waals surface area contributed by atoms with E-state index < -0.39 is 35.3 Å². The predicted molar refractivity (Wildman–Crippen MR) is 44.3 cm³/mol. The smallest absolute Gasteiger partial charge is 1.00 e. The Morgan fingerprint density at radius 2 is 1.56 bits per heavy atom. The van der Waals surface area contributed by atoms with Crippen LogP contribution in [0.15, 0.2) is 0 Å². The minimum absolute atomic E-state index is 0. The molecule has 0 amide bonds. The molecule has 0 radical (unpaired) electrons. The summed E-state index contributed by atoms with van der Waals surface area (Å²) in [7, 11) is 0. The van der Waals surface area contributed by atoms with E-state index in [1.165, 1.54) is 0 Å². The van der Waals surface area contributed by atoms with Crippen molar-refractivity contribution in [2.75, 3.05) is 0 Å². The number of carbonyl (C=O) groups is 3. The number of alkyl halides is 1. The predicted octanol–water partition coefficient (Wildman–Crippen LogP) is -6.80. The third-order valence-corrected chi connectivity index (χ3v) is 1.97. The summed E-state index contributed by atoms with van der Waals surface area (Å²) >= 11 is 5.07. The zero-order chi connectivity index (χ0) is 11.5. The molecule has 0 rings (SSSR count). The number of rotatable bonds is 5. The van der Waals surface area contributed by atoms with Gasteiger partial charge >= 0.3 is 77.0 Å². The molecule has 84 valence electrons. The molecule has 0 heterocycles. The molecule has 10 heteroatoms. The average molecular weight is 275 g/mol. The summed E-state index contributed by atoms with van der Waals surface area (Å²) in [5, 5.41) is 32.0. The number of aliphatic hydroxyl groups is 1. The molecule has 4 N–H and O–H groups in total. The van der Waals surface area contributed by atoms with Gasteiger partial charge in [0.2, 0.25) is 0 Å². The van der Waals surface area contributed by atoms with Gasteiger partial charge in [0, 0.05) is 0 Å². The van der Waals surface area contributed by atoms with Crippen molar-refractivity contribution in [1.29, 1.82) is 0 Å². The van der Waals surface area contributed by atoms with Gasteiger partial charge in [0.25, 0.3) is 0 Å². The Labute approximate surface area is 142 Å². The second kappa shape index (κ2) is 8.71. The van der Waals surface area contributed by atoms with E-state index in [1.54, 1.807) is 0 Å². The molecule has 0 aromatic carbocycles. The Morgan fingerprint density at radius 3 is 1.75 bits per heavy atom. The summed E-state index contributed by atoms with van der Waals surface area (Å²) in [4.78, 5) is 30.9. The maximum Gasteiger partial charge on any atom is 1.00 e. The van der Waals surface area contributed by atoms with Crippen LogP contribution in [0.25, 0.3) is 0 Å². The molecule has 0 aromatic rings. The van der Waals surface area contributed by atoms with Gasteiger partial charge in [-0.05, 0) is 0 Å². The Balaban J connectivity index is -0.000000141. The van der Waals surface area contributed by atoms with Crippen LogP contribution in [0.4, 0.5) is 0 Å². The molecule has 0 fully saturated rings. The van der Waals surface area contributed by atoms with Gasteiger partial charge in [-0.1, -0.05) is 0 Å². The molecule has 0 spiro atoms. The van der Waals surface area contributed by atoms with Crippen LogP contribution in [0.5, 0.6) is 0 Å². The summed E-state index contributed by atoms with van der Waals surface area (Å²) in [6, 6.07) is 0. The third-order valence-electron chi connectivity index (χ3n) is 1.43. The van der Waals surface area contributed by atoms with Gasteiger partial charge in [0.05, 0.1) is 6.42 Å². The molecule has 0 aromatic heterocycles. The molecule has 0 bridgehead atoms. The van der Waals surface area contributed by atoms with E-state index in [-0.39, 0.29) is 62.0 Å². The maximum absolute atomic E-state index is 10.4. The molecular formula is C6H9ClNa2O7. The molecule has 7 nitrogen and oxygen atoms in total. The van der Waals surface area contributed by atoms with E-state index in [2.05, 4.69) is 0 Å². The molecule has 0 aliphatic carbocycles. The number of carboxylic acid groups (broad SMARTS) is 3. The first-order chi connectivity index (χ1) is 6.21. The monoisotopic (exact) mass is 274 g/mol. The number of aliphatic carboxylic acids is 3. The number of carboxylic acids is 3. The van der Waals surface area contributed by atoms with Gasteiger partial charge in [0.15, 0.2) is 11.0 Å². The first kappa shape index (κ1) is 21.9. The van der Waals surface area contributed by atoms with Gasteiger partial charge in [0.1, 0.15) is 0 Å². The molecule has 2 atom stereocenters. The molecule has 0 aliphatic heterocycles. The Morgan fingerprint density at radius 1 is 1.19 bits per heavy atom. The van der Waals surface area contributed by atoms with Crippen LogP contribution in [0, 0.1) is 0 Å². The topological polar surface area (TPSA) is 132 Å². The Hall–Kier alpha value is 0.660. The van der Waals surface area contributed by atoms with E-state index in [0.717, 1.165) is 0 Å². The van der Waals surface area contributed by atoms with E-state index in [1.807, 2.05) is 0 Å². The molecule has 0 saturated heterocycles. The van der Waals surface area contributed by atoms with Crippen molar-refractivity contribution in [3.05, 3.63) is 0 Å². The second-order valence-corrected chi connectivity index (χ2v) is 2.94. The second-order valence-electron chi connectivity index (χ2n) is 2.50. The minimum Gasteiger partial charge on any atom is -1.00 e. The van der Waals surface area contributed by atoms with Crippen molar-refractivity contribution >= 4 is 29.5 Å². The van der Waals surface area contributed by atoms with Gasteiger partial charge in [-0.2, -0.15) is 0 Å². The molecule has 0 aliphatic rings. The summed E-state index contributed by atoms with van der Waals surface area (Å²) in [6.45, 7) is 0. The van der Waals surface area contributed by atoms with Crippen LogP contribution in [0.3, 0.4) is 0 Å². The third kappa shape index (κ3) is 5.83. The molecular weight excluding hydrogens is 265 g/mol. The average Bonchev–Trinajstić information content (AvgIpc) is 2.00. The fourth-order valence-corrected chi connectivity index (χ4v) is 0.879. The SMILES string of the molecule is O=C(O)CC(O)(C(=O)O)C(Cl)C(=O)O.[H-].[H-].[Na+].[Na+]. The van der Waals surface area contributed by atoms with Crippen LogP contribution < -0.4 is 59.1 Å². The van der Waals surface area contributed by atoms with Crippen molar-refractivity contribution in [2.24, 2.45) is 0 Å². The normalized spacial score (nSPS) is 14.6. The van der Waals surface area contributed by atoms with Gasteiger partial charge in [-0.15, -0.1) is 11.6 Å². The Bertz CT molecular complexity index is 293. The standard InChI is InChI=1S/C6H7ClO7.2Na.2H/c7-3(4(10)11)6(14,5(12)13)1-2(8)9;;;;/h3,14H,1H2,(H,8,9)(H,10,11)(H,12,13);;;;/q;2*+1;2*-1. The zero-order valence-corrected chi connectivity index (χ0v) is 13.4. The summed E-state index contributed by atoms with van der Waals surface area (Å²) < 4.78 is 0. The number of halogens is 1. The molecule has 2 unspecified atom stereocenters. The van der Waals surface area contributed by atoms with Crippen LogP contribution in [-0.4, -0.2) is 49.3 Å². The Kier molecular flexibility index (Phi) is 11.9. The quantitative estimate of drug-likeness (QED) is 0.289. The molecule has 16 heavy (non-hydrogen) atoms. The fourth-order valence-electron chi connectivity index (χ4n) is 0.708. The van der Waals surface area contributed by atoms with Crippen molar-refractivity contribution in [1.82, 2.24) is 0 Å². The van der Waals surface area contributed by atoms with Gasteiger partial charge < -0.3 is 23.3 Å². The van der Waals surface area contributed by atoms with Crippen LogP contribution in [0.2, 0.25) is 0 Å². The van der Waals surface area contributed by atoms with Gasteiger partial charge in [-0.25, -0.2) is 4.79 Å². The summed E-state index contributed by atoms with van der Waals surface area (Å²) in [5.41, 5.74) is -3.01. The fraction of sp³-hybridized carbons (Fsp3) is 0.500. The van der Waals surface area contributed by atoms with Crippen molar-refractivity contribution in [3.8, 4) is 0 Å². The summed E-state index contributed by atoms with van der Waals surface area (Å²) in [5.74, 6) is -5.47. The maximum atomic E-state index is 10.4. The van der Waals surface area contributed by atoms with E-state index in [0.29, 0.717) is 0 Å². The van der Waals surface area contributed by atoms with E-state index in [9.17, 15) is 19.5 Å². The minimum atomic E-state index is -3.01. The first-order valence-corrected chi connectivity index (χ1v) is 3.70. The number of hydrogen-bond acceptors (Lipinski definition) is 4. The van der Waals surface area contributed by atoms with E-state index >= 15 is 0 Å².